The minimum absolute atomic E-state index is 0.390. The minimum Gasteiger partial charge on any atom is -0.457 e. The highest BCUT2D eigenvalue weighted by Gasteiger charge is 2.18. The van der Waals surface area contributed by atoms with E-state index in [9.17, 15) is 0 Å². The van der Waals surface area contributed by atoms with Crippen LogP contribution in [0.5, 0.6) is 23.0 Å². The van der Waals surface area contributed by atoms with Crippen LogP contribution >= 0.6 is 0 Å². The van der Waals surface area contributed by atoms with Gasteiger partial charge in [0.05, 0.1) is 22.1 Å². The van der Waals surface area contributed by atoms with Gasteiger partial charge in [-0.2, -0.15) is 0 Å². The Bertz CT molecular complexity index is 2930. The molecule has 0 amide bonds. The second kappa shape index (κ2) is 14.3. The molecular formula is C49H39N7O2. The number of pyridine rings is 2. The van der Waals surface area contributed by atoms with Crippen LogP contribution in [0.3, 0.4) is 0 Å². The molecule has 0 atom stereocenters. The largest absolute Gasteiger partial charge is 0.457 e. The minimum atomic E-state index is 0.390. The molecule has 0 saturated heterocycles. The molecule has 0 aliphatic heterocycles. The molecule has 10 aromatic rings. The van der Waals surface area contributed by atoms with Crippen LogP contribution in [0.2, 0.25) is 0 Å². The lowest BCUT2D eigenvalue weighted by Gasteiger charge is -2.13. The molecule has 9 nitrogen and oxygen atoms in total. The first-order valence-corrected chi connectivity index (χ1v) is 19.5. The first-order chi connectivity index (χ1) is 28.4. The van der Waals surface area contributed by atoms with Crippen molar-refractivity contribution in [2.45, 2.75) is 39.5 Å². The maximum Gasteiger partial charge on any atom is 0.162 e. The summed E-state index contributed by atoms with van der Waals surface area (Å²) in [4.78, 5) is 22.7. The highest BCUT2D eigenvalue weighted by atomic mass is 16.5. The number of ether oxygens (including phenoxy) is 2. The third-order valence-corrected chi connectivity index (χ3v) is 10.7. The van der Waals surface area contributed by atoms with E-state index in [4.69, 9.17) is 19.4 Å². The van der Waals surface area contributed by atoms with E-state index in [0.29, 0.717) is 40.7 Å². The molecule has 0 fully saturated rings. The van der Waals surface area contributed by atoms with Gasteiger partial charge >= 0.3 is 0 Å². The third-order valence-electron chi connectivity index (χ3n) is 10.7. The third kappa shape index (κ3) is 6.27. The summed E-state index contributed by atoms with van der Waals surface area (Å²) in [6.07, 6.45) is 6.90. The van der Waals surface area contributed by atoms with Crippen molar-refractivity contribution in [2.75, 3.05) is 0 Å². The molecule has 0 aliphatic carbocycles. The van der Waals surface area contributed by atoms with Gasteiger partial charge in [-0.1, -0.05) is 76.2 Å². The molecule has 0 radical (unpaired) electrons. The molecule has 0 N–H and O–H groups in total. The topological polar surface area (TPSA) is 92.8 Å². The van der Waals surface area contributed by atoms with Crippen molar-refractivity contribution in [3.63, 3.8) is 0 Å². The van der Waals surface area contributed by atoms with E-state index in [-0.39, 0.29) is 0 Å². The molecule has 282 valence electrons. The Morgan fingerprint density at radius 1 is 0.431 bits per heavy atom. The number of aromatic nitrogens is 7. The van der Waals surface area contributed by atoms with Crippen molar-refractivity contribution in [1.82, 2.24) is 34.1 Å². The SMILES string of the molecule is CC(C)c1ccc(-n2c3ccccc3c3ccc(Oc4cc(Oc5ccc6c7ccccc7n(-c7ccc(C(C)C)cn7)c6c5)cc(-c5ncncn5)c4)cc32)nc1. The molecule has 5 aromatic carbocycles. The maximum absolute atomic E-state index is 6.68. The first-order valence-electron chi connectivity index (χ1n) is 19.5. The zero-order chi connectivity index (χ0) is 39.3. The highest BCUT2D eigenvalue weighted by molar-refractivity contribution is 6.10. The summed E-state index contributed by atoms with van der Waals surface area (Å²) in [5, 5.41) is 4.51. The van der Waals surface area contributed by atoms with Gasteiger partial charge < -0.3 is 9.47 Å². The van der Waals surface area contributed by atoms with E-state index in [1.807, 2.05) is 42.7 Å². The van der Waals surface area contributed by atoms with Crippen molar-refractivity contribution in [3.05, 3.63) is 164 Å². The summed E-state index contributed by atoms with van der Waals surface area (Å²) < 4.78 is 17.8. The quantitative estimate of drug-likeness (QED) is 0.145. The predicted octanol–water partition coefficient (Wildman–Crippen LogP) is 12.4. The summed E-state index contributed by atoms with van der Waals surface area (Å²) in [6.45, 7) is 8.71. The van der Waals surface area contributed by atoms with E-state index in [1.165, 1.54) is 23.8 Å². The molecule has 9 heteroatoms. The van der Waals surface area contributed by atoms with Crippen LogP contribution in [0.1, 0.15) is 50.7 Å². The fourth-order valence-corrected chi connectivity index (χ4v) is 7.74. The number of hydrogen-bond acceptors (Lipinski definition) is 7. The zero-order valence-corrected chi connectivity index (χ0v) is 32.5. The van der Waals surface area contributed by atoms with Gasteiger partial charge in [0.25, 0.3) is 0 Å². The molecule has 10 rings (SSSR count). The van der Waals surface area contributed by atoms with Gasteiger partial charge in [0.2, 0.25) is 0 Å². The van der Waals surface area contributed by atoms with E-state index in [1.54, 1.807) is 0 Å². The lowest BCUT2D eigenvalue weighted by molar-refractivity contribution is 0.461. The van der Waals surface area contributed by atoms with Crippen LogP contribution < -0.4 is 9.47 Å². The Morgan fingerprint density at radius 3 is 1.34 bits per heavy atom. The normalized spacial score (nSPS) is 11.8. The molecule has 0 saturated carbocycles. The van der Waals surface area contributed by atoms with Crippen LogP contribution in [0.15, 0.2) is 152 Å². The standard InChI is InChI=1S/C49H39N7O2/c1-30(2)32-13-19-47(51-26-32)55-43-11-7-5-9-39(43)41-17-15-35(24-45(41)55)57-37-21-34(49-53-28-50-29-54-49)22-38(23-37)58-36-16-18-42-40-10-6-8-12-44(40)56(46(42)25-36)48-20-14-33(27-52-48)31(3)4/h5-31H,1-4H3. The smallest absolute Gasteiger partial charge is 0.162 e. The molecule has 5 aromatic heterocycles. The average Bonchev–Trinajstić information content (AvgIpc) is 3.76. The lowest BCUT2D eigenvalue weighted by atomic mass is 10.1. The number of benzene rings is 5. The van der Waals surface area contributed by atoms with Gasteiger partial charge in [-0.25, -0.2) is 24.9 Å². The van der Waals surface area contributed by atoms with Crippen molar-refractivity contribution >= 4 is 43.6 Å². The molecule has 0 spiro atoms. The molecule has 5 heterocycles. The second-order valence-corrected chi connectivity index (χ2v) is 15.1. The average molecular weight is 758 g/mol. The van der Waals surface area contributed by atoms with Crippen molar-refractivity contribution in [2.24, 2.45) is 0 Å². The van der Waals surface area contributed by atoms with Crippen molar-refractivity contribution in [1.29, 1.82) is 0 Å². The van der Waals surface area contributed by atoms with E-state index in [0.717, 1.165) is 60.8 Å². The van der Waals surface area contributed by atoms with Gasteiger partial charge in [0, 0.05) is 57.7 Å². The Kier molecular flexibility index (Phi) is 8.63. The number of hydrogen-bond donors (Lipinski definition) is 0. The molecule has 0 bridgehead atoms. The van der Waals surface area contributed by atoms with Crippen LogP contribution in [-0.2, 0) is 0 Å². The summed E-state index contributed by atoms with van der Waals surface area (Å²) >= 11 is 0. The summed E-state index contributed by atoms with van der Waals surface area (Å²) in [5.41, 5.74) is 7.25. The van der Waals surface area contributed by atoms with Gasteiger partial charge in [-0.3, -0.25) is 9.13 Å². The highest BCUT2D eigenvalue weighted by Crippen LogP contribution is 2.39. The van der Waals surface area contributed by atoms with Gasteiger partial charge in [-0.15, -0.1) is 0 Å². The number of nitrogens with zero attached hydrogens (tertiary/aromatic N) is 7. The van der Waals surface area contributed by atoms with Gasteiger partial charge in [0.1, 0.15) is 47.3 Å². The number of para-hydroxylation sites is 2. The predicted molar refractivity (Wildman–Crippen MR) is 231 cm³/mol. The van der Waals surface area contributed by atoms with E-state index in [2.05, 4.69) is 149 Å². The summed E-state index contributed by atoms with van der Waals surface area (Å²) in [7, 11) is 0. The number of fused-ring (bicyclic) bond motifs is 6. The molecular weight excluding hydrogens is 719 g/mol. The Hall–Kier alpha value is -7.39. The Labute approximate surface area is 335 Å². The zero-order valence-electron chi connectivity index (χ0n) is 32.5. The molecule has 0 aliphatic rings. The van der Waals surface area contributed by atoms with E-state index >= 15 is 0 Å². The molecule has 0 unspecified atom stereocenters. The van der Waals surface area contributed by atoms with Crippen LogP contribution in [0.25, 0.3) is 66.6 Å². The number of rotatable bonds is 9. The first kappa shape index (κ1) is 35.1. The fraction of sp³-hybridized carbons (Fsp3) is 0.122. The summed E-state index contributed by atoms with van der Waals surface area (Å²) in [6, 6.07) is 43.4. The Morgan fingerprint density at radius 2 is 0.897 bits per heavy atom. The van der Waals surface area contributed by atoms with Crippen molar-refractivity contribution < 1.29 is 9.47 Å². The second-order valence-electron chi connectivity index (χ2n) is 15.1. The monoisotopic (exact) mass is 757 g/mol. The van der Waals surface area contributed by atoms with Crippen LogP contribution in [0, 0.1) is 0 Å². The Balaban J connectivity index is 1.05. The fourth-order valence-electron chi connectivity index (χ4n) is 7.74. The molecule has 58 heavy (non-hydrogen) atoms. The van der Waals surface area contributed by atoms with Crippen molar-refractivity contribution in [3.8, 4) is 46.0 Å². The summed E-state index contributed by atoms with van der Waals surface area (Å²) in [5.74, 6) is 5.44. The van der Waals surface area contributed by atoms with Gasteiger partial charge in [0.15, 0.2) is 5.82 Å². The van der Waals surface area contributed by atoms with Crippen LogP contribution in [0.4, 0.5) is 0 Å². The van der Waals surface area contributed by atoms with Crippen LogP contribution in [-0.4, -0.2) is 34.1 Å². The maximum atomic E-state index is 6.68. The van der Waals surface area contributed by atoms with Gasteiger partial charge in [-0.05, 0) is 83.6 Å². The van der Waals surface area contributed by atoms with E-state index < -0.39 is 0 Å². The lowest BCUT2D eigenvalue weighted by Crippen LogP contribution is -1.99.